The van der Waals surface area contributed by atoms with Crippen LogP contribution in [-0.4, -0.2) is 0 Å². The topological polar surface area (TPSA) is 0 Å². The van der Waals surface area contributed by atoms with Gasteiger partial charge in [0.25, 0.3) is 0 Å². The van der Waals surface area contributed by atoms with Crippen molar-refractivity contribution in [2.75, 3.05) is 0 Å². The van der Waals surface area contributed by atoms with Crippen molar-refractivity contribution in [2.24, 2.45) is 0 Å². The molecule has 0 unspecified atom stereocenters. The van der Waals surface area contributed by atoms with Gasteiger partial charge in [0.05, 0.1) is 0 Å². The monoisotopic (exact) mass is 202 g/mol. The van der Waals surface area contributed by atoms with Crippen LogP contribution in [0, 0.1) is 10.4 Å². The maximum atomic E-state index is 5.94. The first-order valence-electron chi connectivity index (χ1n) is 0.439. The Labute approximate surface area is 51.4 Å². The Hall–Kier alpha value is 0.874. The van der Waals surface area contributed by atoms with Gasteiger partial charge in [-0.2, -0.15) is 0 Å². The van der Waals surface area contributed by atoms with Crippen LogP contribution in [-0.2, 0) is 18.6 Å². The first kappa shape index (κ1) is 8.86. The van der Waals surface area contributed by atoms with E-state index in [0.717, 1.165) is 0 Å². The van der Waals surface area contributed by atoms with Gasteiger partial charge in [-0.15, -0.1) is 0 Å². The molecule has 0 aliphatic carbocycles. The molecular formula is C2IV-. The van der Waals surface area contributed by atoms with Crippen molar-refractivity contribution in [3.05, 3.63) is 6.42 Å². The Morgan fingerprint density at radius 2 is 1.75 bits per heavy atom. The molecule has 0 nitrogen and oxygen atoms in total. The minimum Gasteiger partial charge on any atom is -0.682 e. The SMILES string of the molecule is [C-]#CI.[V]. The predicted molar refractivity (Wildman–Crippen MR) is 21.2 cm³/mol. The minimum atomic E-state index is 0. The van der Waals surface area contributed by atoms with Crippen LogP contribution in [0.5, 0.6) is 0 Å². The summed E-state index contributed by atoms with van der Waals surface area (Å²) in [5.41, 5.74) is 0. The fourth-order valence-corrected chi connectivity index (χ4v) is 0. The molecule has 2 heteroatoms. The van der Waals surface area contributed by atoms with Crippen LogP contribution in [0.25, 0.3) is 0 Å². The Morgan fingerprint density at radius 3 is 1.75 bits per heavy atom. The smallest absolute Gasteiger partial charge is 0 e. The van der Waals surface area contributed by atoms with Crippen LogP contribution >= 0.6 is 22.6 Å². The summed E-state index contributed by atoms with van der Waals surface area (Å²) in [7, 11) is 0. The molecule has 0 aromatic heterocycles. The quantitative estimate of drug-likeness (QED) is 0.311. The Morgan fingerprint density at radius 1 is 1.75 bits per heavy atom. The fraction of sp³-hybridized carbons (Fsp3) is 0. The zero-order chi connectivity index (χ0) is 2.71. The third kappa shape index (κ3) is 13.2. The van der Waals surface area contributed by atoms with Gasteiger partial charge >= 0.3 is 0 Å². The van der Waals surface area contributed by atoms with Crippen molar-refractivity contribution < 1.29 is 18.6 Å². The van der Waals surface area contributed by atoms with E-state index in [1.54, 1.807) is 22.6 Å². The molecule has 0 N–H and O–H groups in total. The first-order valence-corrected chi connectivity index (χ1v) is 1.52. The van der Waals surface area contributed by atoms with Gasteiger partial charge in [-0.25, -0.2) is 0 Å². The summed E-state index contributed by atoms with van der Waals surface area (Å²) in [6, 6.07) is 0. The van der Waals surface area contributed by atoms with E-state index < -0.39 is 0 Å². The van der Waals surface area contributed by atoms with Gasteiger partial charge in [-0.3, -0.25) is 3.93 Å². The molecule has 0 aromatic rings. The van der Waals surface area contributed by atoms with Gasteiger partial charge in [0, 0.05) is 18.6 Å². The molecule has 0 spiro atoms. The zero-order valence-corrected chi connectivity index (χ0v) is 5.38. The summed E-state index contributed by atoms with van der Waals surface area (Å²) in [5, 5.41) is 0. The Balaban J connectivity index is 0. The van der Waals surface area contributed by atoms with Crippen molar-refractivity contribution in [3.63, 3.8) is 0 Å². The van der Waals surface area contributed by atoms with Crippen molar-refractivity contribution >= 4 is 22.6 Å². The molecule has 1 radical (unpaired) electrons. The van der Waals surface area contributed by atoms with E-state index >= 15 is 0 Å². The van der Waals surface area contributed by atoms with E-state index in [1.165, 1.54) is 0 Å². The van der Waals surface area contributed by atoms with Crippen molar-refractivity contribution in [2.45, 2.75) is 0 Å². The van der Waals surface area contributed by atoms with E-state index in [0.29, 0.717) is 0 Å². The molecular weight excluding hydrogens is 202 g/mol. The maximum Gasteiger partial charge on any atom is 0 e. The molecule has 0 bridgehead atoms. The molecule has 0 heterocycles. The van der Waals surface area contributed by atoms with Crippen LogP contribution in [0.4, 0.5) is 0 Å². The number of hydrogen-bond donors (Lipinski definition) is 0. The van der Waals surface area contributed by atoms with E-state index in [1.807, 2.05) is 3.93 Å². The third-order valence-corrected chi connectivity index (χ3v) is 0. The molecule has 0 amide bonds. The van der Waals surface area contributed by atoms with Crippen LogP contribution in [0.15, 0.2) is 0 Å². The normalized spacial score (nSPS) is 2.00. The van der Waals surface area contributed by atoms with Crippen LogP contribution in [0.2, 0.25) is 0 Å². The second-order valence-electron chi connectivity index (χ2n) is 0.0945. The van der Waals surface area contributed by atoms with Gasteiger partial charge in [-0.1, -0.05) is 0 Å². The number of halogens is 1. The van der Waals surface area contributed by atoms with Crippen LogP contribution < -0.4 is 0 Å². The summed E-state index contributed by atoms with van der Waals surface area (Å²) in [6.45, 7) is 0. The average molecular weight is 202 g/mol. The Kier molecular flexibility index (Phi) is 20.2. The predicted octanol–water partition coefficient (Wildman–Crippen LogP) is 0.966. The van der Waals surface area contributed by atoms with Crippen LogP contribution in [0.3, 0.4) is 0 Å². The summed E-state index contributed by atoms with van der Waals surface area (Å²) >= 11 is 1.70. The standard InChI is InChI=1S/C2I.V/c1-2-3;/q-1;. The first-order chi connectivity index (χ1) is 1.41. The van der Waals surface area contributed by atoms with Gasteiger partial charge in [-0.05, 0) is 22.6 Å². The van der Waals surface area contributed by atoms with Crippen LogP contribution in [0.1, 0.15) is 0 Å². The molecule has 0 rings (SSSR count). The molecule has 0 saturated carbocycles. The fourth-order valence-electron chi connectivity index (χ4n) is 0. The van der Waals surface area contributed by atoms with E-state index in [-0.39, 0.29) is 18.6 Å². The van der Waals surface area contributed by atoms with Gasteiger partial charge < -0.3 is 6.42 Å². The molecule has 0 aliphatic heterocycles. The van der Waals surface area contributed by atoms with Gasteiger partial charge in [0.15, 0.2) is 0 Å². The van der Waals surface area contributed by atoms with Gasteiger partial charge in [0.1, 0.15) is 0 Å². The molecule has 0 aromatic carbocycles. The summed E-state index contributed by atoms with van der Waals surface area (Å²) in [6.07, 6.45) is 5.94. The Bertz CT molecular complexity index is 27.5. The molecule has 0 fully saturated rings. The van der Waals surface area contributed by atoms with Crippen molar-refractivity contribution in [1.82, 2.24) is 0 Å². The molecule has 21 valence electrons. The average Bonchev–Trinajstić information content (AvgIpc) is 0.918. The van der Waals surface area contributed by atoms with E-state index in [2.05, 4.69) is 0 Å². The van der Waals surface area contributed by atoms with Crippen molar-refractivity contribution in [1.29, 1.82) is 0 Å². The molecule has 0 saturated heterocycles. The van der Waals surface area contributed by atoms with E-state index in [4.69, 9.17) is 6.42 Å². The third-order valence-electron chi connectivity index (χ3n) is 0. The maximum absolute atomic E-state index is 5.94. The summed E-state index contributed by atoms with van der Waals surface area (Å²) in [4.78, 5) is 0. The second kappa shape index (κ2) is 9.11. The number of rotatable bonds is 0. The molecule has 0 atom stereocenters. The minimum absolute atomic E-state index is 0. The zero-order valence-electron chi connectivity index (χ0n) is 1.83. The summed E-state index contributed by atoms with van der Waals surface area (Å²) in [5.74, 6) is 0. The van der Waals surface area contributed by atoms with Crippen molar-refractivity contribution in [3.8, 4) is 3.93 Å². The summed E-state index contributed by atoms with van der Waals surface area (Å²) < 4.78 is 1.97. The molecule has 0 aliphatic rings. The largest absolute Gasteiger partial charge is 0.682 e. The van der Waals surface area contributed by atoms with Gasteiger partial charge in [0.2, 0.25) is 0 Å². The molecule has 4 heavy (non-hydrogen) atoms. The number of hydrogen-bond acceptors (Lipinski definition) is 0. The van der Waals surface area contributed by atoms with E-state index in [9.17, 15) is 0 Å². The second-order valence-corrected chi connectivity index (χ2v) is 0.634.